The molecule has 0 unspecified atom stereocenters. The molecule has 6 nitrogen and oxygen atoms in total. The van der Waals surface area contributed by atoms with Gasteiger partial charge >= 0.3 is 0 Å². The predicted molar refractivity (Wildman–Crippen MR) is 139 cm³/mol. The van der Waals surface area contributed by atoms with Crippen molar-refractivity contribution < 1.29 is 9.13 Å². The van der Waals surface area contributed by atoms with Gasteiger partial charge in [-0.3, -0.25) is 9.13 Å². The SMILES string of the molecule is C=CCNP(=O)(NCC=C)c1ccc(-c2ccc(P(=O)(NCC=C)NCC=C)cc2)cc1. The fraction of sp³-hybridized carbons (Fsp3) is 0.167. The van der Waals surface area contributed by atoms with Gasteiger partial charge < -0.3 is 0 Å². The van der Waals surface area contributed by atoms with Crippen molar-refractivity contribution in [2.24, 2.45) is 0 Å². The first-order chi connectivity index (χ1) is 15.4. The molecule has 0 aliphatic heterocycles. The second kappa shape index (κ2) is 12.7. The normalized spacial score (nSPS) is 11.6. The number of hydrogen-bond acceptors (Lipinski definition) is 2. The number of hydrogen-bond donors (Lipinski definition) is 4. The second-order valence-electron chi connectivity index (χ2n) is 6.92. The Kier molecular flexibility index (Phi) is 10.3. The summed E-state index contributed by atoms with van der Waals surface area (Å²) in [5.74, 6) is 0. The molecule has 0 spiro atoms. The quantitative estimate of drug-likeness (QED) is 0.232. The highest BCUT2D eigenvalue weighted by Gasteiger charge is 2.24. The van der Waals surface area contributed by atoms with E-state index in [1.165, 1.54) is 0 Å². The van der Waals surface area contributed by atoms with Crippen LogP contribution < -0.4 is 31.0 Å². The van der Waals surface area contributed by atoms with Crippen LogP contribution in [0.4, 0.5) is 0 Å². The molecule has 0 fully saturated rings. The van der Waals surface area contributed by atoms with Crippen molar-refractivity contribution in [1.82, 2.24) is 20.3 Å². The zero-order chi connectivity index (χ0) is 23.5. The molecule has 0 radical (unpaired) electrons. The van der Waals surface area contributed by atoms with Crippen molar-refractivity contribution in [2.75, 3.05) is 26.2 Å². The molecule has 0 aliphatic rings. The maximum Gasteiger partial charge on any atom is 0.241 e. The Labute approximate surface area is 191 Å². The lowest BCUT2D eigenvalue weighted by Crippen LogP contribution is -2.30. The van der Waals surface area contributed by atoms with Crippen LogP contribution in [0.15, 0.2) is 99.2 Å². The Bertz CT molecular complexity index is 902. The molecule has 0 aromatic heterocycles. The topological polar surface area (TPSA) is 82.3 Å². The first-order valence-corrected chi connectivity index (χ1v) is 13.7. The molecule has 2 aromatic rings. The van der Waals surface area contributed by atoms with Gasteiger partial charge in [0.15, 0.2) is 0 Å². The first-order valence-electron chi connectivity index (χ1n) is 10.3. The first kappa shape index (κ1) is 26.0. The Hall–Kier alpha value is -2.30. The Morgan fingerprint density at radius 2 is 0.781 bits per heavy atom. The summed E-state index contributed by atoms with van der Waals surface area (Å²) >= 11 is 0. The van der Waals surface area contributed by atoms with Gasteiger partial charge in [-0.25, -0.2) is 20.3 Å². The summed E-state index contributed by atoms with van der Waals surface area (Å²) in [6.45, 7) is 16.4. The molecule has 0 atom stereocenters. The lowest BCUT2D eigenvalue weighted by molar-refractivity contribution is 0.565. The average molecular weight is 470 g/mol. The van der Waals surface area contributed by atoms with Crippen LogP contribution >= 0.6 is 14.9 Å². The van der Waals surface area contributed by atoms with E-state index in [1.54, 1.807) is 24.3 Å². The molecule has 170 valence electrons. The van der Waals surface area contributed by atoms with Gasteiger partial charge in [-0.2, -0.15) is 0 Å². The van der Waals surface area contributed by atoms with Crippen molar-refractivity contribution in [1.29, 1.82) is 0 Å². The average Bonchev–Trinajstić information content (AvgIpc) is 2.84. The fourth-order valence-electron chi connectivity index (χ4n) is 2.98. The van der Waals surface area contributed by atoms with E-state index in [4.69, 9.17) is 0 Å². The Morgan fingerprint density at radius 3 is 1.00 bits per heavy atom. The largest absolute Gasteiger partial charge is 0.284 e. The van der Waals surface area contributed by atoms with E-state index in [1.807, 2.05) is 48.5 Å². The van der Waals surface area contributed by atoms with E-state index in [2.05, 4.69) is 46.7 Å². The van der Waals surface area contributed by atoms with Crippen molar-refractivity contribution in [2.45, 2.75) is 0 Å². The van der Waals surface area contributed by atoms with E-state index in [9.17, 15) is 9.13 Å². The Morgan fingerprint density at radius 1 is 0.531 bits per heavy atom. The lowest BCUT2D eigenvalue weighted by atomic mass is 10.1. The van der Waals surface area contributed by atoms with Crippen molar-refractivity contribution in [3.05, 3.63) is 99.2 Å². The molecule has 0 aliphatic carbocycles. The van der Waals surface area contributed by atoms with Gasteiger partial charge in [0.25, 0.3) is 0 Å². The zero-order valence-corrected chi connectivity index (χ0v) is 20.1. The maximum atomic E-state index is 13.3. The van der Waals surface area contributed by atoms with Crippen LogP contribution in [0.5, 0.6) is 0 Å². The standard InChI is InChI=1S/C24H32N4O2P2/c1-5-17-25-31(29,26-18-6-2)23-13-9-21(10-14-23)22-11-15-24(16-12-22)32(30,27-19-7-3)28-20-8-4/h5-16H,1-4,17-20H2,(H2,25,26,29)(H2,27,28,30). The zero-order valence-electron chi connectivity index (χ0n) is 18.3. The van der Waals surface area contributed by atoms with E-state index < -0.39 is 14.9 Å². The molecule has 4 N–H and O–H groups in total. The molecule has 0 bridgehead atoms. The predicted octanol–water partition coefficient (Wildman–Crippen LogP) is 4.09. The van der Waals surface area contributed by atoms with Crippen LogP contribution in [0.2, 0.25) is 0 Å². The summed E-state index contributed by atoms with van der Waals surface area (Å²) in [4.78, 5) is 0. The van der Waals surface area contributed by atoms with Crippen LogP contribution in [-0.4, -0.2) is 26.2 Å². The summed E-state index contributed by atoms with van der Waals surface area (Å²) < 4.78 is 26.7. The smallest absolute Gasteiger partial charge is 0.241 e. The highest BCUT2D eigenvalue weighted by atomic mass is 31.2. The van der Waals surface area contributed by atoms with Crippen LogP contribution in [-0.2, 0) is 9.13 Å². The third-order valence-electron chi connectivity index (χ3n) is 4.63. The summed E-state index contributed by atoms with van der Waals surface area (Å²) in [7, 11) is -5.96. The minimum atomic E-state index is -2.98. The molecule has 0 saturated heterocycles. The summed E-state index contributed by atoms with van der Waals surface area (Å²) in [6, 6.07) is 15.1. The summed E-state index contributed by atoms with van der Waals surface area (Å²) in [5, 5.41) is 13.5. The van der Waals surface area contributed by atoms with Gasteiger partial charge in [0.2, 0.25) is 14.9 Å². The molecule has 0 saturated carbocycles. The van der Waals surface area contributed by atoms with Crippen LogP contribution in [0, 0.1) is 0 Å². The van der Waals surface area contributed by atoms with Gasteiger partial charge in [0.1, 0.15) is 0 Å². The molecule has 0 heterocycles. The number of rotatable bonds is 15. The van der Waals surface area contributed by atoms with Crippen LogP contribution in [0.1, 0.15) is 0 Å². The van der Waals surface area contributed by atoms with E-state index in [0.717, 1.165) is 11.1 Å². The van der Waals surface area contributed by atoms with Crippen molar-refractivity contribution >= 4 is 25.5 Å². The molecule has 2 rings (SSSR count). The third kappa shape index (κ3) is 6.85. The monoisotopic (exact) mass is 470 g/mol. The number of benzene rings is 2. The third-order valence-corrected chi connectivity index (χ3v) is 9.19. The van der Waals surface area contributed by atoms with Gasteiger partial charge in [-0.1, -0.05) is 48.6 Å². The van der Waals surface area contributed by atoms with Gasteiger partial charge in [-0.05, 0) is 35.4 Å². The minimum absolute atomic E-state index is 0.421. The highest BCUT2D eigenvalue weighted by molar-refractivity contribution is 7.68. The lowest BCUT2D eigenvalue weighted by Gasteiger charge is -2.21. The van der Waals surface area contributed by atoms with Gasteiger partial charge in [-0.15, -0.1) is 26.3 Å². The van der Waals surface area contributed by atoms with Crippen LogP contribution in [0.25, 0.3) is 11.1 Å². The summed E-state index contributed by atoms with van der Waals surface area (Å²) in [6.07, 6.45) is 6.69. The van der Waals surface area contributed by atoms with Crippen molar-refractivity contribution in [3.8, 4) is 11.1 Å². The maximum absolute atomic E-state index is 13.3. The summed E-state index contributed by atoms with van der Waals surface area (Å²) in [5.41, 5.74) is 1.93. The van der Waals surface area contributed by atoms with E-state index in [-0.39, 0.29) is 0 Å². The Balaban J connectivity index is 2.27. The molecule has 2 aromatic carbocycles. The van der Waals surface area contributed by atoms with E-state index in [0.29, 0.717) is 36.8 Å². The second-order valence-corrected chi connectivity index (χ2v) is 11.7. The van der Waals surface area contributed by atoms with Gasteiger partial charge in [0.05, 0.1) is 0 Å². The molecular weight excluding hydrogens is 438 g/mol. The van der Waals surface area contributed by atoms with Gasteiger partial charge in [0, 0.05) is 36.8 Å². The molecule has 0 amide bonds. The fourth-order valence-corrected chi connectivity index (χ4v) is 6.61. The van der Waals surface area contributed by atoms with Crippen LogP contribution in [0.3, 0.4) is 0 Å². The number of nitrogens with one attached hydrogen (secondary N) is 4. The highest BCUT2D eigenvalue weighted by Crippen LogP contribution is 2.36. The van der Waals surface area contributed by atoms with Crippen molar-refractivity contribution in [3.63, 3.8) is 0 Å². The van der Waals surface area contributed by atoms with E-state index >= 15 is 0 Å². The minimum Gasteiger partial charge on any atom is -0.284 e. The molecular formula is C24H32N4O2P2. The molecule has 32 heavy (non-hydrogen) atoms. The molecule has 8 heteroatoms.